The first-order chi connectivity index (χ1) is 7.99. The van der Waals surface area contributed by atoms with Crippen molar-refractivity contribution < 1.29 is 9.90 Å². The molecule has 1 aromatic heterocycles. The second kappa shape index (κ2) is 4.39. The molecule has 4 nitrogen and oxygen atoms in total. The summed E-state index contributed by atoms with van der Waals surface area (Å²) in [5.41, 5.74) is -0.0513. The van der Waals surface area contributed by atoms with Gasteiger partial charge in [0.2, 0.25) is 0 Å². The van der Waals surface area contributed by atoms with Gasteiger partial charge in [0.1, 0.15) is 6.54 Å². The molecule has 2 aromatic rings. The zero-order valence-corrected chi connectivity index (χ0v) is 10.00. The first-order valence-electron chi connectivity index (χ1n) is 4.69. The summed E-state index contributed by atoms with van der Waals surface area (Å²) in [4.78, 5) is 22.4. The van der Waals surface area contributed by atoms with E-state index in [0.29, 0.717) is 15.9 Å². The quantitative estimate of drug-likeness (QED) is 0.913. The monoisotopic (exact) mass is 271 g/mol. The van der Waals surface area contributed by atoms with E-state index in [4.69, 9.17) is 28.3 Å². The molecule has 0 aliphatic rings. The number of hydrogen-bond donors (Lipinski definition) is 1. The number of aliphatic carboxylic acids is 1. The van der Waals surface area contributed by atoms with Crippen LogP contribution in [0.2, 0.25) is 10.0 Å². The van der Waals surface area contributed by atoms with Gasteiger partial charge in [-0.2, -0.15) is 0 Å². The van der Waals surface area contributed by atoms with Gasteiger partial charge < -0.3 is 5.11 Å². The van der Waals surface area contributed by atoms with Gasteiger partial charge in [-0.1, -0.05) is 23.2 Å². The van der Waals surface area contributed by atoms with E-state index in [9.17, 15) is 9.59 Å². The van der Waals surface area contributed by atoms with Crippen molar-refractivity contribution in [2.45, 2.75) is 6.54 Å². The SMILES string of the molecule is O=C(O)Cn1c(=O)cc(Cl)c2ccc(Cl)cc21. The van der Waals surface area contributed by atoms with Crippen molar-refractivity contribution in [2.75, 3.05) is 0 Å². The summed E-state index contributed by atoms with van der Waals surface area (Å²) in [5, 5.41) is 10.1. The topological polar surface area (TPSA) is 59.3 Å². The average Bonchev–Trinajstić information content (AvgIpc) is 2.23. The number of carbonyl (C=O) groups is 1. The molecule has 0 fully saturated rings. The van der Waals surface area contributed by atoms with Crippen molar-refractivity contribution in [1.82, 2.24) is 4.57 Å². The molecule has 0 amide bonds. The maximum atomic E-state index is 11.7. The highest BCUT2D eigenvalue weighted by molar-refractivity contribution is 6.36. The summed E-state index contributed by atoms with van der Waals surface area (Å²) < 4.78 is 1.12. The van der Waals surface area contributed by atoms with Gasteiger partial charge in [0.25, 0.3) is 5.56 Å². The van der Waals surface area contributed by atoms with E-state index in [-0.39, 0.29) is 5.02 Å². The minimum Gasteiger partial charge on any atom is -0.480 e. The Bertz CT molecular complexity index is 664. The lowest BCUT2D eigenvalue weighted by Crippen LogP contribution is -2.23. The summed E-state index contributed by atoms with van der Waals surface area (Å²) in [6.07, 6.45) is 0. The Morgan fingerprint density at radius 2 is 2.00 bits per heavy atom. The maximum absolute atomic E-state index is 11.7. The number of nitrogens with zero attached hydrogens (tertiary/aromatic N) is 1. The predicted molar refractivity (Wildman–Crippen MR) is 65.9 cm³/mol. The van der Waals surface area contributed by atoms with E-state index < -0.39 is 18.1 Å². The van der Waals surface area contributed by atoms with Gasteiger partial charge in [-0.3, -0.25) is 14.2 Å². The Kier molecular flexibility index (Phi) is 3.09. The van der Waals surface area contributed by atoms with Gasteiger partial charge >= 0.3 is 5.97 Å². The number of rotatable bonds is 2. The minimum absolute atomic E-state index is 0.281. The Morgan fingerprint density at radius 3 is 2.65 bits per heavy atom. The Labute approximate surface area is 106 Å². The van der Waals surface area contributed by atoms with Crippen LogP contribution in [0.25, 0.3) is 10.9 Å². The van der Waals surface area contributed by atoms with Gasteiger partial charge in [0, 0.05) is 16.5 Å². The fourth-order valence-corrected chi connectivity index (χ4v) is 2.03. The van der Waals surface area contributed by atoms with Crippen LogP contribution in [0.1, 0.15) is 0 Å². The molecule has 1 N–H and O–H groups in total. The van der Waals surface area contributed by atoms with Crippen LogP contribution in [0, 0.1) is 0 Å². The molecule has 0 atom stereocenters. The summed E-state index contributed by atoms with van der Waals surface area (Å²) >= 11 is 11.7. The molecule has 6 heteroatoms. The normalized spacial score (nSPS) is 10.7. The van der Waals surface area contributed by atoms with Crippen molar-refractivity contribution >= 4 is 40.1 Å². The number of aromatic nitrogens is 1. The van der Waals surface area contributed by atoms with Crippen LogP contribution in [0.4, 0.5) is 0 Å². The lowest BCUT2D eigenvalue weighted by Gasteiger charge is -2.09. The summed E-state index contributed by atoms with van der Waals surface area (Å²) in [6, 6.07) is 6.00. The van der Waals surface area contributed by atoms with E-state index in [1.807, 2.05) is 0 Å². The van der Waals surface area contributed by atoms with Gasteiger partial charge in [-0.05, 0) is 18.2 Å². The molecule has 0 saturated carbocycles. The Morgan fingerprint density at radius 1 is 1.29 bits per heavy atom. The van der Waals surface area contributed by atoms with Gasteiger partial charge in [-0.15, -0.1) is 0 Å². The Balaban J connectivity index is 2.85. The fourth-order valence-electron chi connectivity index (χ4n) is 1.61. The molecule has 0 bridgehead atoms. The molecule has 0 aliphatic carbocycles. The highest BCUT2D eigenvalue weighted by Gasteiger charge is 2.10. The zero-order valence-electron chi connectivity index (χ0n) is 8.48. The second-order valence-corrected chi connectivity index (χ2v) is 4.32. The molecule has 0 spiro atoms. The van der Waals surface area contributed by atoms with Crippen LogP contribution in [0.5, 0.6) is 0 Å². The molecular formula is C11H7Cl2NO3. The van der Waals surface area contributed by atoms with E-state index in [1.165, 1.54) is 12.1 Å². The first kappa shape index (κ1) is 12.0. The smallest absolute Gasteiger partial charge is 0.323 e. The fraction of sp³-hybridized carbons (Fsp3) is 0.0909. The third-order valence-electron chi connectivity index (χ3n) is 2.32. The zero-order chi connectivity index (χ0) is 12.6. The van der Waals surface area contributed by atoms with Crippen molar-refractivity contribution in [3.05, 3.63) is 44.7 Å². The number of carboxylic acid groups (broad SMARTS) is 1. The molecule has 1 aromatic carbocycles. The van der Waals surface area contributed by atoms with Crippen molar-refractivity contribution in [2.24, 2.45) is 0 Å². The molecule has 2 rings (SSSR count). The van der Waals surface area contributed by atoms with E-state index in [0.717, 1.165) is 4.57 Å². The summed E-state index contributed by atoms with van der Waals surface area (Å²) in [7, 11) is 0. The first-order valence-corrected chi connectivity index (χ1v) is 5.45. The molecule has 1 heterocycles. The highest BCUT2D eigenvalue weighted by Crippen LogP contribution is 2.24. The molecule has 0 aliphatic heterocycles. The molecule has 0 unspecified atom stereocenters. The maximum Gasteiger partial charge on any atom is 0.323 e. The average molecular weight is 272 g/mol. The van der Waals surface area contributed by atoms with Crippen LogP contribution >= 0.6 is 23.2 Å². The Hall–Kier alpha value is -1.52. The number of halogens is 2. The minimum atomic E-state index is -1.10. The van der Waals surface area contributed by atoms with Crippen LogP contribution in [0.3, 0.4) is 0 Å². The molecule has 17 heavy (non-hydrogen) atoms. The largest absolute Gasteiger partial charge is 0.480 e. The van der Waals surface area contributed by atoms with Crippen LogP contribution in [-0.4, -0.2) is 15.6 Å². The number of benzene rings is 1. The van der Waals surface area contributed by atoms with Crippen molar-refractivity contribution in [3.63, 3.8) is 0 Å². The lowest BCUT2D eigenvalue weighted by molar-refractivity contribution is -0.137. The number of carboxylic acids is 1. The second-order valence-electron chi connectivity index (χ2n) is 3.47. The van der Waals surface area contributed by atoms with Crippen molar-refractivity contribution in [3.8, 4) is 0 Å². The van der Waals surface area contributed by atoms with Crippen LogP contribution < -0.4 is 5.56 Å². The summed E-state index contributed by atoms with van der Waals surface area (Å²) in [6.45, 7) is -0.424. The van der Waals surface area contributed by atoms with Gasteiger partial charge in [-0.25, -0.2) is 0 Å². The van der Waals surface area contributed by atoms with E-state index >= 15 is 0 Å². The molecule has 0 saturated heterocycles. The number of pyridine rings is 1. The van der Waals surface area contributed by atoms with Gasteiger partial charge in [0.05, 0.1) is 10.5 Å². The third kappa shape index (κ3) is 2.28. The molecule has 0 radical (unpaired) electrons. The number of hydrogen-bond acceptors (Lipinski definition) is 2. The standard InChI is InChI=1S/C11H7Cl2NO3/c12-6-1-2-7-8(13)4-10(15)14(5-11(16)17)9(7)3-6/h1-4H,5H2,(H,16,17). The molecule has 88 valence electrons. The highest BCUT2D eigenvalue weighted by atomic mass is 35.5. The lowest BCUT2D eigenvalue weighted by atomic mass is 10.2. The molecular weight excluding hydrogens is 265 g/mol. The van der Waals surface area contributed by atoms with Crippen molar-refractivity contribution in [1.29, 1.82) is 0 Å². The van der Waals surface area contributed by atoms with Gasteiger partial charge in [0.15, 0.2) is 0 Å². The van der Waals surface area contributed by atoms with Crippen LogP contribution in [-0.2, 0) is 11.3 Å². The van der Waals surface area contributed by atoms with E-state index in [2.05, 4.69) is 0 Å². The van der Waals surface area contributed by atoms with E-state index in [1.54, 1.807) is 12.1 Å². The van der Waals surface area contributed by atoms with Crippen LogP contribution in [0.15, 0.2) is 29.1 Å². The number of fused-ring (bicyclic) bond motifs is 1. The summed E-state index contributed by atoms with van der Waals surface area (Å²) in [5.74, 6) is -1.10. The third-order valence-corrected chi connectivity index (χ3v) is 2.87. The predicted octanol–water partition coefficient (Wildman–Crippen LogP) is 2.39.